The first-order valence-electron chi connectivity index (χ1n) is 10.9. The highest BCUT2D eigenvalue weighted by molar-refractivity contribution is 5.86. The van der Waals surface area contributed by atoms with Gasteiger partial charge >= 0.3 is 0 Å². The van der Waals surface area contributed by atoms with E-state index in [1.165, 1.54) is 41.2 Å². The maximum Gasteiger partial charge on any atom is 0.204 e. The maximum atomic E-state index is 4.16. The van der Waals surface area contributed by atoms with Crippen LogP contribution in [0.1, 0.15) is 56.7 Å². The molecule has 5 nitrogen and oxygen atoms in total. The first kappa shape index (κ1) is 20.2. The number of fused-ring (bicyclic) bond motifs is 1. The summed E-state index contributed by atoms with van der Waals surface area (Å²) in [4.78, 5) is 0. The van der Waals surface area contributed by atoms with Crippen LogP contribution in [0.15, 0.2) is 66.7 Å². The highest BCUT2D eigenvalue weighted by atomic mass is 15.5. The van der Waals surface area contributed by atoms with Crippen molar-refractivity contribution in [2.45, 2.75) is 51.6 Å². The number of hydrogen-bond donors (Lipinski definition) is 2. The second-order valence-corrected chi connectivity index (χ2v) is 7.78. The van der Waals surface area contributed by atoms with Crippen LogP contribution >= 0.6 is 0 Å². The first-order valence-corrected chi connectivity index (χ1v) is 10.9. The van der Waals surface area contributed by atoms with Gasteiger partial charge in [0.2, 0.25) is 5.82 Å². The molecule has 2 unspecified atom stereocenters. The lowest BCUT2D eigenvalue weighted by atomic mass is 9.91. The van der Waals surface area contributed by atoms with Crippen molar-refractivity contribution in [1.29, 1.82) is 0 Å². The van der Waals surface area contributed by atoms with Crippen molar-refractivity contribution in [3.05, 3.63) is 77.9 Å². The Balaban J connectivity index is 1.79. The van der Waals surface area contributed by atoms with Gasteiger partial charge < -0.3 is 5.32 Å². The number of nitrogens with one attached hydrogen (secondary N) is 2. The quantitative estimate of drug-likeness (QED) is 0.381. The van der Waals surface area contributed by atoms with E-state index in [0.717, 1.165) is 12.0 Å². The van der Waals surface area contributed by atoms with E-state index in [1.807, 2.05) is 6.07 Å². The van der Waals surface area contributed by atoms with Gasteiger partial charge in [-0.3, -0.25) is 0 Å². The Hall–Kier alpha value is -3.05. The molecule has 0 spiro atoms. The SMILES string of the molecule is CCCCC(CC)NC(c1cccc(-c2nn[nH]n2)c1)c1cccc2ccccc12. The van der Waals surface area contributed by atoms with Crippen LogP contribution in [0.25, 0.3) is 22.2 Å². The Labute approximate surface area is 177 Å². The normalized spacial score (nSPS) is 13.4. The van der Waals surface area contributed by atoms with Crippen LogP contribution in [0, 0.1) is 0 Å². The van der Waals surface area contributed by atoms with E-state index in [4.69, 9.17) is 0 Å². The summed E-state index contributed by atoms with van der Waals surface area (Å²) in [6, 6.07) is 24.2. The molecule has 0 aliphatic carbocycles. The third-order valence-corrected chi connectivity index (χ3v) is 5.76. The van der Waals surface area contributed by atoms with Gasteiger partial charge in [0, 0.05) is 11.6 Å². The lowest BCUT2D eigenvalue weighted by Gasteiger charge is -2.27. The third kappa shape index (κ3) is 4.41. The zero-order chi connectivity index (χ0) is 20.8. The van der Waals surface area contributed by atoms with Gasteiger partial charge in [-0.1, -0.05) is 87.4 Å². The summed E-state index contributed by atoms with van der Waals surface area (Å²) in [5, 5.41) is 21.1. The van der Waals surface area contributed by atoms with Gasteiger partial charge in [-0.2, -0.15) is 5.21 Å². The van der Waals surface area contributed by atoms with Crippen molar-refractivity contribution in [3.63, 3.8) is 0 Å². The smallest absolute Gasteiger partial charge is 0.204 e. The van der Waals surface area contributed by atoms with Crippen LogP contribution in [0.4, 0.5) is 0 Å². The van der Waals surface area contributed by atoms with E-state index in [9.17, 15) is 0 Å². The van der Waals surface area contributed by atoms with E-state index in [2.05, 4.69) is 100 Å². The van der Waals surface area contributed by atoms with E-state index < -0.39 is 0 Å². The highest BCUT2D eigenvalue weighted by Gasteiger charge is 2.20. The second kappa shape index (κ2) is 9.63. The minimum Gasteiger partial charge on any atom is -0.303 e. The van der Waals surface area contributed by atoms with Crippen LogP contribution in [0.2, 0.25) is 0 Å². The summed E-state index contributed by atoms with van der Waals surface area (Å²) in [6.45, 7) is 4.52. The molecule has 0 aliphatic rings. The van der Waals surface area contributed by atoms with Crippen LogP contribution in [-0.4, -0.2) is 26.7 Å². The van der Waals surface area contributed by atoms with Crippen molar-refractivity contribution in [1.82, 2.24) is 25.9 Å². The highest BCUT2D eigenvalue weighted by Crippen LogP contribution is 2.31. The zero-order valence-corrected chi connectivity index (χ0v) is 17.7. The van der Waals surface area contributed by atoms with Crippen LogP contribution in [0.3, 0.4) is 0 Å². The molecule has 2 atom stereocenters. The molecule has 2 N–H and O–H groups in total. The Morgan fingerprint density at radius 2 is 1.80 bits per heavy atom. The molecule has 3 aromatic carbocycles. The van der Waals surface area contributed by atoms with E-state index in [1.54, 1.807) is 0 Å². The van der Waals surface area contributed by atoms with Crippen molar-refractivity contribution in [2.24, 2.45) is 0 Å². The summed E-state index contributed by atoms with van der Waals surface area (Å²) in [6.07, 6.45) is 4.73. The largest absolute Gasteiger partial charge is 0.303 e. The summed E-state index contributed by atoms with van der Waals surface area (Å²) >= 11 is 0. The number of aromatic nitrogens is 4. The average molecular weight is 400 g/mol. The molecule has 4 aromatic rings. The molecule has 30 heavy (non-hydrogen) atoms. The zero-order valence-electron chi connectivity index (χ0n) is 17.7. The van der Waals surface area contributed by atoms with Crippen LogP contribution in [0.5, 0.6) is 0 Å². The number of rotatable bonds is 9. The fourth-order valence-electron chi connectivity index (χ4n) is 4.10. The molecule has 5 heteroatoms. The van der Waals surface area contributed by atoms with Crippen LogP contribution in [-0.2, 0) is 0 Å². The molecular formula is C25H29N5. The molecule has 0 saturated carbocycles. The Morgan fingerprint density at radius 1 is 0.967 bits per heavy atom. The molecule has 4 rings (SSSR count). The third-order valence-electron chi connectivity index (χ3n) is 5.76. The molecule has 1 aromatic heterocycles. The molecule has 0 fully saturated rings. The predicted molar refractivity (Wildman–Crippen MR) is 122 cm³/mol. The summed E-state index contributed by atoms with van der Waals surface area (Å²) < 4.78 is 0. The lowest BCUT2D eigenvalue weighted by molar-refractivity contribution is 0.423. The fraction of sp³-hybridized carbons (Fsp3) is 0.320. The van der Waals surface area contributed by atoms with Crippen LogP contribution < -0.4 is 5.32 Å². The summed E-state index contributed by atoms with van der Waals surface area (Å²) in [5.74, 6) is 0.617. The molecule has 0 radical (unpaired) electrons. The first-order chi connectivity index (χ1) is 14.8. The van der Waals surface area contributed by atoms with E-state index >= 15 is 0 Å². The monoisotopic (exact) mass is 399 g/mol. The second-order valence-electron chi connectivity index (χ2n) is 7.78. The number of H-pyrrole nitrogens is 1. The number of aromatic amines is 1. The predicted octanol–water partition coefficient (Wildman–Crippen LogP) is 5.67. The topological polar surface area (TPSA) is 66.5 Å². The summed E-state index contributed by atoms with van der Waals surface area (Å²) in [7, 11) is 0. The van der Waals surface area contributed by atoms with Gasteiger partial charge in [-0.25, -0.2) is 0 Å². The molecule has 0 bridgehead atoms. The van der Waals surface area contributed by atoms with Gasteiger partial charge in [-0.15, -0.1) is 10.2 Å². The number of tetrazole rings is 1. The van der Waals surface area contributed by atoms with Gasteiger partial charge in [-0.05, 0) is 46.0 Å². The molecule has 0 amide bonds. The molecule has 154 valence electrons. The molecule has 1 heterocycles. The standard InChI is InChI=1S/C25H29N5/c1-3-5-14-21(4-2)26-24(23-16-9-11-18-10-6-7-15-22(18)23)19-12-8-13-20(17-19)25-27-29-30-28-25/h6-13,15-17,21,24,26H,3-5,14H2,1-2H3,(H,27,28,29,30). The number of unbranched alkanes of at least 4 members (excludes halogenated alkanes) is 1. The number of benzene rings is 3. The minimum absolute atomic E-state index is 0.0877. The minimum atomic E-state index is 0.0877. The molecule has 0 aliphatic heterocycles. The Morgan fingerprint density at radius 3 is 2.60 bits per heavy atom. The maximum absolute atomic E-state index is 4.16. The van der Waals surface area contributed by atoms with E-state index in [-0.39, 0.29) is 6.04 Å². The summed E-state index contributed by atoms with van der Waals surface area (Å²) in [5.41, 5.74) is 3.48. The fourth-order valence-corrected chi connectivity index (χ4v) is 4.10. The van der Waals surface area contributed by atoms with Gasteiger partial charge in [0.1, 0.15) is 0 Å². The molecule has 0 saturated heterocycles. The molecular weight excluding hydrogens is 370 g/mol. The van der Waals surface area contributed by atoms with Gasteiger partial charge in [0.05, 0.1) is 6.04 Å². The Kier molecular flexibility index (Phi) is 6.50. The van der Waals surface area contributed by atoms with Crippen molar-refractivity contribution >= 4 is 10.8 Å². The van der Waals surface area contributed by atoms with Gasteiger partial charge in [0.25, 0.3) is 0 Å². The number of hydrogen-bond acceptors (Lipinski definition) is 4. The van der Waals surface area contributed by atoms with Crippen molar-refractivity contribution in [3.8, 4) is 11.4 Å². The lowest BCUT2D eigenvalue weighted by Crippen LogP contribution is -2.33. The van der Waals surface area contributed by atoms with Gasteiger partial charge in [0.15, 0.2) is 0 Å². The average Bonchev–Trinajstić information content (AvgIpc) is 3.34. The number of nitrogens with zero attached hydrogens (tertiary/aromatic N) is 3. The van der Waals surface area contributed by atoms with Crippen molar-refractivity contribution < 1.29 is 0 Å². The Bertz CT molecular complexity index is 1070. The van der Waals surface area contributed by atoms with E-state index in [0.29, 0.717) is 11.9 Å². The van der Waals surface area contributed by atoms with Crippen molar-refractivity contribution in [2.75, 3.05) is 0 Å².